The molecule has 0 fully saturated rings. The summed E-state index contributed by atoms with van der Waals surface area (Å²) in [6, 6.07) is 4.40. The van der Waals surface area contributed by atoms with Gasteiger partial charge in [0, 0.05) is 23.6 Å². The summed E-state index contributed by atoms with van der Waals surface area (Å²) in [4.78, 5) is 11.2. The van der Waals surface area contributed by atoms with Crippen LogP contribution in [0.5, 0.6) is 0 Å². The van der Waals surface area contributed by atoms with E-state index in [9.17, 15) is 65.5 Å². The number of carbonyl (C=O) groups is 1. The largest absolute Gasteiger partial charge is 0.467 e. The summed E-state index contributed by atoms with van der Waals surface area (Å²) in [6.45, 7) is 9.13. The number of alkyl halides is 10. The Morgan fingerprint density at radius 2 is 1.29 bits per heavy atom. The van der Waals surface area contributed by atoms with Gasteiger partial charge in [-0.05, 0) is 32.3 Å². The van der Waals surface area contributed by atoms with Gasteiger partial charge in [0.15, 0.2) is 32.4 Å². The smallest absolute Gasteiger partial charge is 0.462 e. The van der Waals surface area contributed by atoms with E-state index >= 15 is 0 Å². The van der Waals surface area contributed by atoms with E-state index in [1.165, 1.54) is 50.5 Å². The average Bonchev–Trinajstić information content (AvgIpc) is 2.89. The Balaban J connectivity index is 0.000000870. The first-order valence-corrected chi connectivity index (χ1v) is 16.1. The predicted octanol–water partition coefficient (Wildman–Crippen LogP) is 7.11. The molecule has 0 aliphatic rings. The SMILES string of the molecule is C=C(C)C(=O)OCCCCCCCCc1ccc[n+](CCCC)c1.O=S(=O)([N-]S(=O)(=O)C(F)(F)C(F)(F)F)C(F)(F)C(F)(F)F. The fourth-order valence-electron chi connectivity index (χ4n) is 3.15. The van der Waals surface area contributed by atoms with Crippen molar-refractivity contribution in [3.63, 3.8) is 0 Å². The third-order valence-corrected chi connectivity index (χ3v) is 8.96. The topological polar surface area (TPSA) is 113 Å². The molecule has 1 aromatic rings. The van der Waals surface area contributed by atoms with E-state index in [1.54, 1.807) is 6.92 Å². The minimum Gasteiger partial charge on any atom is -0.462 e. The van der Waals surface area contributed by atoms with Gasteiger partial charge in [-0.3, -0.25) is 0 Å². The standard InChI is InChI=1S/C21H34NO2.C4F10NO4S2/c1-4-5-15-22-16-12-14-20(18-22)13-10-8-6-7-9-11-17-24-21(23)19(2)3;5-1(6,7)3(11,12)20(16,17)15-21(18,19)4(13,14)2(8,9)10/h12,14,16,18H,2,4-11,13,15,17H2,1,3H3;/q+1;-1. The van der Waals surface area contributed by atoms with E-state index in [1.807, 2.05) is 0 Å². The number of ether oxygens (including phenoxy) is 1. The number of sulfonamides is 2. The van der Waals surface area contributed by atoms with Gasteiger partial charge in [0.25, 0.3) is 0 Å². The highest BCUT2D eigenvalue weighted by atomic mass is 32.3. The van der Waals surface area contributed by atoms with E-state index in [0.717, 1.165) is 19.4 Å². The molecule has 0 saturated heterocycles. The maximum absolute atomic E-state index is 12.3. The number of hydrogen-bond donors (Lipinski definition) is 0. The first-order valence-electron chi connectivity index (χ1n) is 13.3. The normalized spacial score (nSPS) is 13.2. The Hall–Kier alpha value is -2.48. The van der Waals surface area contributed by atoms with Gasteiger partial charge in [-0.15, -0.1) is 0 Å². The predicted molar refractivity (Wildman–Crippen MR) is 142 cm³/mol. The lowest BCUT2D eigenvalue weighted by Crippen LogP contribution is -2.48. The lowest BCUT2D eigenvalue weighted by Gasteiger charge is -2.31. The molecule has 1 rings (SSSR count). The summed E-state index contributed by atoms with van der Waals surface area (Å²) < 4.78 is 168. The molecule has 0 saturated carbocycles. The molecule has 0 aliphatic carbocycles. The molecule has 0 bridgehead atoms. The number of unbranched alkanes of at least 4 members (excludes halogenated alkanes) is 6. The zero-order valence-electron chi connectivity index (χ0n) is 24.2. The lowest BCUT2D eigenvalue weighted by molar-refractivity contribution is -0.697. The Morgan fingerprint density at radius 1 is 0.822 bits per heavy atom. The van der Waals surface area contributed by atoms with Crippen LogP contribution in [0.25, 0.3) is 4.13 Å². The van der Waals surface area contributed by atoms with Crippen LogP contribution in [0.3, 0.4) is 0 Å². The molecule has 8 nitrogen and oxygen atoms in total. The number of nitrogens with zero attached hydrogens (tertiary/aromatic N) is 2. The van der Waals surface area contributed by atoms with Crippen LogP contribution in [-0.2, 0) is 42.5 Å². The van der Waals surface area contributed by atoms with Crippen molar-refractivity contribution >= 4 is 26.0 Å². The molecule has 0 unspecified atom stereocenters. The van der Waals surface area contributed by atoms with Gasteiger partial charge in [-0.25, -0.2) is 26.2 Å². The van der Waals surface area contributed by atoms with Gasteiger partial charge in [-0.1, -0.05) is 45.6 Å². The summed E-state index contributed by atoms with van der Waals surface area (Å²) in [5.74, 6) is -0.269. The van der Waals surface area contributed by atoms with Crippen LogP contribution in [0.1, 0.15) is 70.8 Å². The second kappa shape index (κ2) is 17.4. The van der Waals surface area contributed by atoms with Crippen LogP contribution in [0.4, 0.5) is 43.9 Å². The van der Waals surface area contributed by atoms with Gasteiger partial charge in [0.05, 0.1) is 6.61 Å². The molecule has 0 amide bonds. The van der Waals surface area contributed by atoms with Gasteiger partial charge in [0.1, 0.15) is 6.54 Å². The molecular formula is C25H34F10N2O6S2. The first kappa shape index (κ1) is 42.5. The molecule has 0 aromatic carbocycles. The molecule has 1 heterocycles. The van der Waals surface area contributed by atoms with Crippen molar-refractivity contribution in [3.8, 4) is 0 Å². The van der Waals surface area contributed by atoms with E-state index in [0.29, 0.717) is 16.3 Å². The summed E-state index contributed by atoms with van der Waals surface area (Å²) in [7, 11) is -15.2. The zero-order chi connectivity index (χ0) is 35.3. The van der Waals surface area contributed by atoms with E-state index in [-0.39, 0.29) is 5.97 Å². The van der Waals surface area contributed by atoms with Crippen molar-refractivity contribution in [2.24, 2.45) is 0 Å². The molecule has 20 heteroatoms. The fourth-order valence-corrected chi connectivity index (χ4v) is 5.51. The molecule has 262 valence electrons. The van der Waals surface area contributed by atoms with Crippen LogP contribution >= 0.6 is 0 Å². The van der Waals surface area contributed by atoms with E-state index in [2.05, 4.69) is 42.6 Å². The van der Waals surface area contributed by atoms with Crippen molar-refractivity contribution in [3.05, 3.63) is 46.4 Å². The Kier molecular flexibility index (Phi) is 16.5. The molecule has 0 spiro atoms. The fraction of sp³-hybridized carbons (Fsp3) is 0.680. The maximum Gasteiger partial charge on any atom is 0.467 e. The zero-order valence-corrected chi connectivity index (χ0v) is 25.9. The number of esters is 1. The van der Waals surface area contributed by atoms with Crippen molar-refractivity contribution in [1.82, 2.24) is 0 Å². The summed E-state index contributed by atoms with van der Waals surface area (Å²) in [5.41, 5.74) is 1.92. The highest BCUT2D eigenvalue weighted by Gasteiger charge is 2.68. The van der Waals surface area contributed by atoms with E-state index < -0.39 is 42.9 Å². The van der Waals surface area contributed by atoms with Crippen LogP contribution in [0.2, 0.25) is 0 Å². The Labute approximate surface area is 254 Å². The second-order valence-electron chi connectivity index (χ2n) is 9.64. The molecule has 45 heavy (non-hydrogen) atoms. The highest BCUT2D eigenvalue weighted by molar-refractivity contribution is 8.13. The van der Waals surface area contributed by atoms with Crippen LogP contribution < -0.4 is 4.57 Å². The molecule has 1 aromatic heterocycles. The summed E-state index contributed by atoms with van der Waals surface area (Å²) in [5, 5.41) is -14.0. The van der Waals surface area contributed by atoms with Gasteiger partial charge in [-0.2, -0.15) is 43.9 Å². The second-order valence-corrected chi connectivity index (χ2v) is 13.2. The number of aromatic nitrogens is 1. The van der Waals surface area contributed by atoms with E-state index in [4.69, 9.17) is 4.74 Å². The third-order valence-electron chi connectivity index (χ3n) is 5.63. The number of hydrogen-bond acceptors (Lipinski definition) is 6. The van der Waals surface area contributed by atoms with Crippen LogP contribution in [-0.4, -0.2) is 52.3 Å². The molecule has 0 N–H and O–H groups in total. The van der Waals surface area contributed by atoms with Crippen LogP contribution in [0.15, 0.2) is 36.7 Å². The van der Waals surface area contributed by atoms with Crippen molar-refractivity contribution < 1.29 is 74.8 Å². The first-order chi connectivity index (χ1) is 20.3. The lowest BCUT2D eigenvalue weighted by atomic mass is 10.1. The summed E-state index contributed by atoms with van der Waals surface area (Å²) >= 11 is 0. The van der Waals surface area contributed by atoms with Crippen molar-refractivity contribution in [2.45, 2.75) is 101 Å². The highest BCUT2D eigenvalue weighted by Crippen LogP contribution is 2.47. The monoisotopic (exact) mass is 712 g/mol. The maximum atomic E-state index is 12.3. The quantitative estimate of drug-likeness (QED) is 0.0560. The molecular weight excluding hydrogens is 678 g/mol. The molecule has 0 radical (unpaired) electrons. The van der Waals surface area contributed by atoms with Crippen molar-refractivity contribution in [2.75, 3.05) is 6.61 Å². The van der Waals surface area contributed by atoms with Crippen molar-refractivity contribution in [1.29, 1.82) is 0 Å². The van der Waals surface area contributed by atoms with Gasteiger partial charge in [0.2, 0.25) is 0 Å². The Morgan fingerprint density at radius 3 is 1.73 bits per heavy atom. The number of rotatable bonds is 17. The van der Waals surface area contributed by atoms with Crippen LogP contribution in [0, 0.1) is 0 Å². The average molecular weight is 713 g/mol. The molecule has 0 aliphatic heterocycles. The minimum atomic E-state index is -7.62. The molecule has 0 atom stereocenters. The Bertz CT molecular complexity index is 1260. The third kappa shape index (κ3) is 13.4. The number of halogens is 10. The minimum absolute atomic E-state index is 0.269. The number of carbonyl (C=O) groups excluding carboxylic acids is 1. The summed E-state index contributed by atoms with van der Waals surface area (Å²) in [6.07, 6.45) is 1.20. The van der Waals surface area contributed by atoms with Gasteiger partial charge >= 0.3 is 28.8 Å². The number of pyridine rings is 1. The van der Waals surface area contributed by atoms with Gasteiger partial charge < -0.3 is 8.86 Å². The number of aryl methyl sites for hydroxylation is 2.